The van der Waals surface area contributed by atoms with E-state index in [4.69, 9.17) is 11.6 Å². The average Bonchev–Trinajstić information content (AvgIpc) is 2.56. The highest BCUT2D eigenvalue weighted by atomic mass is 35.5. The third kappa shape index (κ3) is 6.45. The summed E-state index contributed by atoms with van der Waals surface area (Å²) in [6.45, 7) is 10.5. The van der Waals surface area contributed by atoms with E-state index in [2.05, 4.69) is 15.5 Å². The number of rotatable bonds is 4. The number of nitrogens with zero attached hydrogens (tertiary/aromatic N) is 2. The Bertz CT molecular complexity index is 665. The second-order valence-electron chi connectivity index (χ2n) is 7.88. The second kappa shape index (κ2) is 8.99. The molecule has 0 radical (unpaired) electrons. The van der Waals surface area contributed by atoms with Crippen molar-refractivity contribution in [1.29, 1.82) is 0 Å². The van der Waals surface area contributed by atoms with Gasteiger partial charge in [-0.2, -0.15) is 0 Å². The van der Waals surface area contributed by atoms with E-state index < -0.39 is 17.6 Å². The lowest BCUT2D eigenvalue weighted by atomic mass is 10.1. The van der Waals surface area contributed by atoms with E-state index in [9.17, 15) is 14.0 Å². The third-order valence-corrected chi connectivity index (χ3v) is 4.86. The fourth-order valence-electron chi connectivity index (χ4n) is 2.97. The fourth-order valence-corrected chi connectivity index (χ4v) is 3.19. The molecule has 0 aliphatic carbocycles. The van der Waals surface area contributed by atoms with Crippen LogP contribution in [-0.4, -0.2) is 59.5 Å². The minimum atomic E-state index is -0.493. The molecule has 1 heterocycles. The number of benzene rings is 1. The van der Waals surface area contributed by atoms with E-state index in [1.807, 2.05) is 25.7 Å². The number of halogens is 2. The van der Waals surface area contributed by atoms with Crippen LogP contribution in [-0.2, 0) is 11.3 Å². The van der Waals surface area contributed by atoms with Crippen LogP contribution in [0.2, 0.25) is 5.02 Å². The van der Waals surface area contributed by atoms with Crippen LogP contribution in [0.25, 0.3) is 0 Å². The van der Waals surface area contributed by atoms with Crippen molar-refractivity contribution in [3.8, 4) is 0 Å². The van der Waals surface area contributed by atoms with Gasteiger partial charge in [-0.05, 0) is 39.8 Å². The van der Waals surface area contributed by atoms with Gasteiger partial charge < -0.3 is 5.32 Å². The highest BCUT2D eigenvalue weighted by Crippen LogP contribution is 2.21. The Balaban J connectivity index is 1.84. The molecule has 3 amide bonds. The number of imide groups is 1. The topological polar surface area (TPSA) is 64.7 Å². The lowest BCUT2D eigenvalue weighted by molar-refractivity contribution is -0.125. The van der Waals surface area contributed by atoms with Crippen molar-refractivity contribution < 1.29 is 14.0 Å². The zero-order valence-electron chi connectivity index (χ0n) is 16.3. The molecule has 1 aromatic carbocycles. The standard InChI is InChI=1S/C19H28ClFN4O2/c1-13(17(26)22-18(27)23-19(2,3)4)25-10-8-24(9-11-25)12-14-15(20)6-5-7-16(14)21/h5-7,13H,8-12H2,1-4H3,(H2,22,23,26,27). The number of piperazine rings is 1. The van der Waals surface area contributed by atoms with Gasteiger partial charge in [-0.25, -0.2) is 9.18 Å². The zero-order valence-corrected chi connectivity index (χ0v) is 17.1. The van der Waals surface area contributed by atoms with E-state index in [0.29, 0.717) is 43.3 Å². The summed E-state index contributed by atoms with van der Waals surface area (Å²) in [4.78, 5) is 28.3. The Morgan fingerprint density at radius 3 is 2.41 bits per heavy atom. The van der Waals surface area contributed by atoms with Crippen LogP contribution in [0.1, 0.15) is 33.3 Å². The maximum atomic E-state index is 13.9. The van der Waals surface area contributed by atoms with Crippen LogP contribution in [0.15, 0.2) is 18.2 Å². The van der Waals surface area contributed by atoms with Crippen LogP contribution in [0.5, 0.6) is 0 Å². The van der Waals surface area contributed by atoms with Crippen molar-refractivity contribution in [2.24, 2.45) is 0 Å². The molecule has 6 nitrogen and oxygen atoms in total. The summed E-state index contributed by atoms with van der Waals surface area (Å²) in [6, 6.07) is 3.77. The first-order chi connectivity index (χ1) is 12.6. The molecule has 0 spiro atoms. The number of hydrogen-bond donors (Lipinski definition) is 2. The SMILES string of the molecule is CC(C(=O)NC(=O)NC(C)(C)C)N1CCN(Cc2c(F)cccc2Cl)CC1. The number of carbonyl (C=O) groups is 2. The Hall–Kier alpha value is -1.70. The van der Waals surface area contributed by atoms with Crippen molar-refractivity contribution in [3.05, 3.63) is 34.6 Å². The van der Waals surface area contributed by atoms with Gasteiger partial charge in [-0.1, -0.05) is 17.7 Å². The number of nitrogens with one attached hydrogen (secondary N) is 2. The highest BCUT2D eigenvalue weighted by molar-refractivity contribution is 6.31. The number of carbonyl (C=O) groups excluding carboxylic acids is 2. The molecule has 1 aromatic rings. The Labute approximate surface area is 165 Å². The lowest BCUT2D eigenvalue weighted by Gasteiger charge is -2.37. The molecule has 0 bridgehead atoms. The van der Waals surface area contributed by atoms with Gasteiger partial charge in [0.2, 0.25) is 5.91 Å². The Morgan fingerprint density at radius 2 is 1.85 bits per heavy atom. The number of amides is 3. The minimum absolute atomic E-state index is 0.303. The van der Waals surface area contributed by atoms with E-state index in [1.54, 1.807) is 19.1 Å². The van der Waals surface area contributed by atoms with Crippen molar-refractivity contribution in [2.45, 2.75) is 45.8 Å². The van der Waals surface area contributed by atoms with Crippen LogP contribution in [0, 0.1) is 5.82 Å². The smallest absolute Gasteiger partial charge is 0.321 e. The molecule has 1 unspecified atom stereocenters. The zero-order chi connectivity index (χ0) is 20.2. The van der Waals surface area contributed by atoms with Crippen molar-refractivity contribution in [2.75, 3.05) is 26.2 Å². The average molecular weight is 399 g/mol. The maximum Gasteiger partial charge on any atom is 0.321 e. The summed E-state index contributed by atoms with van der Waals surface area (Å²) in [6.07, 6.45) is 0. The molecule has 2 rings (SSSR count). The predicted octanol–water partition coefficient (Wildman–Crippen LogP) is 2.61. The number of hydrogen-bond acceptors (Lipinski definition) is 4. The summed E-state index contributed by atoms with van der Waals surface area (Å²) in [5.41, 5.74) is 0.0880. The van der Waals surface area contributed by atoms with Crippen molar-refractivity contribution in [3.63, 3.8) is 0 Å². The van der Waals surface area contributed by atoms with Gasteiger partial charge in [0.1, 0.15) is 5.82 Å². The molecule has 0 aromatic heterocycles. The van der Waals surface area contributed by atoms with Crippen molar-refractivity contribution >= 4 is 23.5 Å². The predicted molar refractivity (Wildman–Crippen MR) is 104 cm³/mol. The quantitative estimate of drug-likeness (QED) is 0.818. The van der Waals surface area contributed by atoms with Gasteiger partial charge in [0, 0.05) is 48.8 Å². The lowest BCUT2D eigenvalue weighted by Crippen LogP contribution is -2.56. The molecule has 1 saturated heterocycles. The van der Waals surface area contributed by atoms with Crippen LogP contribution in [0.3, 0.4) is 0 Å². The van der Waals surface area contributed by atoms with E-state index in [-0.39, 0.29) is 11.7 Å². The molecule has 8 heteroatoms. The summed E-state index contributed by atoms with van der Waals surface area (Å²) in [7, 11) is 0. The molecule has 0 saturated carbocycles. The summed E-state index contributed by atoms with van der Waals surface area (Å²) >= 11 is 6.10. The monoisotopic (exact) mass is 398 g/mol. The molecular weight excluding hydrogens is 371 g/mol. The largest absolute Gasteiger partial charge is 0.333 e. The Morgan fingerprint density at radius 1 is 1.22 bits per heavy atom. The van der Waals surface area contributed by atoms with Gasteiger partial charge in [-0.3, -0.25) is 19.9 Å². The van der Waals surface area contributed by atoms with Gasteiger partial charge in [0.25, 0.3) is 0 Å². The first-order valence-electron chi connectivity index (χ1n) is 9.09. The normalized spacial score (nSPS) is 17.4. The second-order valence-corrected chi connectivity index (χ2v) is 8.29. The summed E-state index contributed by atoms with van der Waals surface area (Å²) in [5.74, 6) is -0.634. The Kier molecular flexibility index (Phi) is 7.19. The highest BCUT2D eigenvalue weighted by Gasteiger charge is 2.27. The van der Waals surface area contributed by atoms with Gasteiger partial charge in [-0.15, -0.1) is 0 Å². The molecule has 1 atom stereocenters. The van der Waals surface area contributed by atoms with Gasteiger partial charge in [0.15, 0.2) is 0 Å². The van der Waals surface area contributed by atoms with Gasteiger partial charge >= 0.3 is 6.03 Å². The van der Waals surface area contributed by atoms with Crippen molar-refractivity contribution in [1.82, 2.24) is 20.4 Å². The van der Waals surface area contributed by atoms with Crippen LogP contribution in [0.4, 0.5) is 9.18 Å². The first-order valence-corrected chi connectivity index (χ1v) is 9.47. The maximum absolute atomic E-state index is 13.9. The molecule has 2 N–H and O–H groups in total. The third-order valence-electron chi connectivity index (χ3n) is 4.50. The molecule has 150 valence electrons. The van der Waals surface area contributed by atoms with E-state index >= 15 is 0 Å². The molecule has 1 aliphatic heterocycles. The minimum Gasteiger partial charge on any atom is -0.333 e. The van der Waals surface area contributed by atoms with E-state index in [1.165, 1.54) is 6.07 Å². The molecule has 1 fully saturated rings. The van der Waals surface area contributed by atoms with Crippen LogP contribution >= 0.6 is 11.6 Å². The molecular formula is C19H28ClFN4O2. The van der Waals surface area contributed by atoms with Crippen LogP contribution < -0.4 is 10.6 Å². The first kappa shape index (κ1) is 21.6. The number of urea groups is 1. The summed E-state index contributed by atoms with van der Waals surface area (Å²) < 4.78 is 13.9. The molecule has 1 aliphatic rings. The fraction of sp³-hybridized carbons (Fsp3) is 0.579. The van der Waals surface area contributed by atoms with Gasteiger partial charge in [0.05, 0.1) is 6.04 Å². The molecule has 27 heavy (non-hydrogen) atoms. The van der Waals surface area contributed by atoms with E-state index in [0.717, 1.165) is 0 Å². The summed E-state index contributed by atoms with van der Waals surface area (Å²) in [5, 5.41) is 5.52.